The minimum Gasteiger partial charge on any atom is -0.461 e. The summed E-state index contributed by atoms with van der Waals surface area (Å²) in [6.07, 6.45) is 4.79. The molecule has 9 nitrogen and oxygen atoms in total. The number of pyridine rings is 1. The number of carboxylic acid groups (broad SMARTS) is 1. The van der Waals surface area contributed by atoms with E-state index in [1.54, 1.807) is 6.07 Å². The lowest BCUT2D eigenvalue weighted by atomic mass is 10.1. The van der Waals surface area contributed by atoms with Gasteiger partial charge in [0, 0.05) is 38.6 Å². The van der Waals surface area contributed by atoms with Crippen molar-refractivity contribution in [1.29, 1.82) is 0 Å². The first kappa shape index (κ1) is 27.6. The maximum Gasteiger partial charge on any atom is 0.511 e. The highest BCUT2D eigenvalue weighted by molar-refractivity contribution is 5.85. The topological polar surface area (TPSA) is 101 Å². The molecule has 2 fully saturated rings. The first-order chi connectivity index (χ1) is 19.4. The predicted molar refractivity (Wildman–Crippen MR) is 148 cm³/mol. The minimum atomic E-state index is -1.57. The molecule has 5 rings (SSSR count). The third-order valence-corrected chi connectivity index (χ3v) is 7.52. The average molecular weight is 552 g/mol. The summed E-state index contributed by atoms with van der Waals surface area (Å²) in [7, 11) is 0. The van der Waals surface area contributed by atoms with E-state index in [0.29, 0.717) is 37.3 Å². The van der Waals surface area contributed by atoms with Crippen molar-refractivity contribution in [2.24, 2.45) is 0 Å². The van der Waals surface area contributed by atoms with E-state index in [2.05, 4.69) is 9.64 Å². The first-order valence-electron chi connectivity index (χ1n) is 13.8. The fourth-order valence-electron chi connectivity index (χ4n) is 5.20. The summed E-state index contributed by atoms with van der Waals surface area (Å²) in [6, 6.07) is 12.7. The van der Waals surface area contributed by atoms with Gasteiger partial charge in [-0.15, -0.1) is 0 Å². The van der Waals surface area contributed by atoms with Crippen LogP contribution in [-0.2, 0) is 16.1 Å². The molecule has 3 aromatic rings. The normalized spacial score (nSPS) is 15.8. The molecule has 2 heterocycles. The molecular weight excluding hydrogens is 517 g/mol. The second-order valence-corrected chi connectivity index (χ2v) is 10.4. The number of hydrogen-bond acceptors (Lipinski definition) is 7. The van der Waals surface area contributed by atoms with E-state index < -0.39 is 17.4 Å². The Morgan fingerprint density at radius 3 is 2.45 bits per heavy atom. The Morgan fingerprint density at radius 1 is 1.00 bits per heavy atom. The van der Waals surface area contributed by atoms with Crippen LogP contribution < -0.4 is 15.1 Å². The molecule has 212 valence electrons. The number of anilines is 1. The van der Waals surface area contributed by atoms with Gasteiger partial charge in [0.1, 0.15) is 12.4 Å². The van der Waals surface area contributed by atoms with Crippen LogP contribution in [0.2, 0.25) is 0 Å². The number of aromatic nitrogens is 1. The van der Waals surface area contributed by atoms with Gasteiger partial charge in [-0.3, -0.25) is 14.5 Å². The van der Waals surface area contributed by atoms with Gasteiger partial charge < -0.3 is 24.0 Å². The zero-order valence-electron chi connectivity index (χ0n) is 22.4. The average Bonchev–Trinajstić information content (AvgIpc) is 3.79. The Hall–Kier alpha value is -3.92. The van der Waals surface area contributed by atoms with Gasteiger partial charge in [-0.25, -0.2) is 9.18 Å². The number of piperazine rings is 1. The maximum absolute atomic E-state index is 15.2. The third-order valence-electron chi connectivity index (χ3n) is 7.52. The molecule has 40 heavy (non-hydrogen) atoms. The Labute approximate surface area is 231 Å². The predicted octanol–water partition coefficient (Wildman–Crippen LogP) is 4.96. The minimum absolute atomic E-state index is 0.120. The van der Waals surface area contributed by atoms with Crippen LogP contribution in [0, 0.1) is 5.82 Å². The third kappa shape index (κ3) is 6.80. The molecule has 10 heteroatoms. The van der Waals surface area contributed by atoms with Crippen molar-refractivity contribution in [2.75, 3.05) is 37.6 Å². The Bertz CT molecular complexity index is 1410. The van der Waals surface area contributed by atoms with Crippen molar-refractivity contribution in [3.05, 3.63) is 70.3 Å². The summed E-state index contributed by atoms with van der Waals surface area (Å²) in [5.41, 5.74) is 1.39. The lowest BCUT2D eigenvalue weighted by molar-refractivity contribution is -0.145. The summed E-state index contributed by atoms with van der Waals surface area (Å²) in [5, 5.41) is 9.10. The summed E-state index contributed by atoms with van der Waals surface area (Å²) < 4.78 is 27.1. The second kappa shape index (κ2) is 12.5. The van der Waals surface area contributed by atoms with E-state index in [-0.39, 0.29) is 23.1 Å². The number of benzene rings is 2. The van der Waals surface area contributed by atoms with Gasteiger partial charge in [0.05, 0.1) is 22.8 Å². The molecule has 1 saturated carbocycles. The van der Waals surface area contributed by atoms with Crippen molar-refractivity contribution in [3.63, 3.8) is 0 Å². The number of rotatable bonds is 11. The number of fused-ring (bicyclic) bond motifs is 1. The van der Waals surface area contributed by atoms with Crippen molar-refractivity contribution in [2.45, 2.75) is 51.2 Å². The summed E-state index contributed by atoms with van der Waals surface area (Å²) in [5.74, 6) is -0.989. The molecule has 2 aliphatic rings. The highest BCUT2D eigenvalue weighted by Crippen LogP contribution is 2.39. The van der Waals surface area contributed by atoms with Crippen LogP contribution in [0.15, 0.2) is 53.5 Å². The van der Waals surface area contributed by atoms with Gasteiger partial charge in [-0.1, -0.05) is 36.8 Å². The van der Waals surface area contributed by atoms with E-state index in [9.17, 15) is 14.4 Å². The van der Waals surface area contributed by atoms with Gasteiger partial charge in [0.25, 0.3) is 0 Å². The van der Waals surface area contributed by atoms with E-state index in [1.807, 2.05) is 39.8 Å². The smallest absolute Gasteiger partial charge is 0.461 e. The lowest BCUT2D eigenvalue weighted by Crippen LogP contribution is -2.47. The fourth-order valence-corrected chi connectivity index (χ4v) is 5.20. The largest absolute Gasteiger partial charge is 0.511 e. The number of ether oxygens (including phenoxy) is 2. The number of hydrogen-bond donors (Lipinski definition) is 1. The summed E-state index contributed by atoms with van der Waals surface area (Å²) in [6.45, 7) is 4.11. The van der Waals surface area contributed by atoms with Crippen molar-refractivity contribution >= 4 is 28.7 Å². The van der Waals surface area contributed by atoms with Gasteiger partial charge in [-0.2, -0.15) is 0 Å². The monoisotopic (exact) mass is 551 g/mol. The zero-order chi connectivity index (χ0) is 28.1. The van der Waals surface area contributed by atoms with E-state index in [4.69, 9.17) is 9.84 Å². The number of carbonyl (C=O) groups is 2. The van der Waals surface area contributed by atoms with Gasteiger partial charge in [-0.05, 0) is 49.9 Å². The molecule has 0 atom stereocenters. The van der Waals surface area contributed by atoms with E-state index >= 15 is 4.39 Å². The lowest BCUT2D eigenvalue weighted by Gasteiger charge is -2.36. The van der Waals surface area contributed by atoms with Crippen molar-refractivity contribution in [3.8, 4) is 5.75 Å². The molecular formula is C30H34FN3O6. The van der Waals surface area contributed by atoms with Gasteiger partial charge >= 0.3 is 12.1 Å². The summed E-state index contributed by atoms with van der Waals surface area (Å²) in [4.78, 5) is 40.2. The highest BCUT2D eigenvalue weighted by Gasteiger charge is 2.28. The van der Waals surface area contributed by atoms with Crippen LogP contribution in [0.4, 0.5) is 14.9 Å². The van der Waals surface area contributed by atoms with Crippen LogP contribution in [0.5, 0.6) is 5.75 Å². The number of nitrogens with zero attached hydrogens (tertiary/aromatic N) is 3. The van der Waals surface area contributed by atoms with Crippen LogP contribution in [0.3, 0.4) is 0 Å². The molecule has 1 aromatic heterocycles. The molecule has 1 saturated heterocycles. The molecule has 0 unspecified atom stereocenters. The number of carbonyl (C=O) groups excluding carboxylic acids is 1. The van der Waals surface area contributed by atoms with Crippen molar-refractivity contribution < 1.29 is 28.6 Å². The summed E-state index contributed by atoms with van der Waals surface area (Å²) >= 11 is 0. The maximum atomic E-state index is 15.2. The van der Waals surface area contributed by atoms with Gasteiger partial charge in [0.15, 0.2) is 5.75 Å². The molecule has 0 bridgehead atoms. The Balaban J connectivity index is 1.11. The second-order valence-electron chi connectivity index (χ2n) is 10.4. The Morgan fingerprint density at radius 2 is 1.75 bits per heavy atom. The quantitative estimate of drug-likeness (QED) is 0.264. The SMILES string of the molecule is O=C(O)Oc1cn(C2CC2)c2cc(N3CCN(CCCCCC(=O)OCc4ccccc4)CC3)c(F)cc2c1=O. The molecule has 0 spiro atoms. The van der Waals surface area contributed by atoms with Crippen LogP contribution in [0.25, 0.3) is 10.9 Å². The van der Waals surface area contributed by atoms with Crippen LogP contribution >= 0.6 is 0 Å². The fraction of sp³-hybridized carbons (Fsp3) is 0.433. The first-order valence-corrected chi connectivity index (χ1v) is 13.8. The van der Waals surface area contributed by atoms with Gasteiger partial charge in [0.2, 0.25) is 5.43 Å². The molecule has 1 aliphatic carbocycles. The van der Waals surface area contributed by atoms with Crippen LogP contribution in [0.1, 0.15) is 50.1 Å². The number of unbranched alkanes of at least 4 members (excludes halogenated alkanes) is 2. The Kier molecular flexibility index (Phi) is 8.64. The zero-order valence-corrected chi connectivity index (χ0v) is 22.4. The molecule has 1 aliphatic heterocycles. The number of esters is 1. The molecule has 2 aromatic carbocycles. The molecule has 1 N–H and O–H groups in total. The van der Waals surface area contributed by atoms with Crippen molar-refractivity contribution in [1.82, 2.24) is 9.47 Å². The standard InChI is InChI=1S/C30H34FN3O6/c31-24-17-23-25(34(22-10-11-22)19-27(29(23)36)40-30(37)38)18-26(24)33-15-13-32(14-16-33)12-6-2-5-9-28(35)39-20-21-7-3-1-4-8-21/h1,3-4,7-8,17-19,22H,2,5-6,9-16,20H2,(H,37,38). The molecule has 0 radical (unpaired) electrons. The van der Waals surface area contributed by atoms with E-state index in [0.717, 1.165) is 57.3 Å². The highest BCUT2D eigenvalue weighted by atomic mass is 19.1. The van der Waals surface area contributed by atoms with E-state index in [1.165, 1.54) is 12.3 Å². The molecule has 0 amide bonds. The van der Waals surface area contributed by atoms with Crippen LogP contribution in [-0.4, -0.2) is 59.4 Å². The number of halogens is 1.